The Labute approximate surface area is 153 Å². The Morgan fingerprint density at radius 2 is 1.64 bits per heavy atom. The molecule has 0 aliphatic carbocycles. The lowest BCUT2D eigenvalue weighted by atomic mass is 10.0. The Hall–Kier alpha value is -0.900. The summed E-state index contributed by atoms with van der Waals surface area (Å²) in [5.74, 6) is -0.516. The van der Waals surface area contributed by atoms with Gasteiger partial charge < -0.3 is 10.1 Å². The van der Waals surface area contributed by atoms with Crippen molar-refractivity contribution in [3.05, 3.63) is 29.8 Å². The largest absolute Gasteiger partial charge is 0.573 e. The van der Waals surface area contributed by atoms with Gasteiger partial charge in [-0.05, 0) is 17.7 Å². The monoisotopic (exact) mass is 414 g/mol. The molecule has 3 nitrogen and oxygen atoms in total. The van der Waals surface area contributed by atoms with Crippen LogP contribution in [0, 0.1) is 0 Å². The average molecular weight is 415 g/mol. The minimum Gasteiger partial charge on any atom is -0.406 e. The van der Waals surface area contributed by atoms with Crippen LogP contribution in [-0.4, -0.2) is 43.6 Å². The molecule has 1 aromatic rings. The molecular formula is C14H18Cl2F6N2O. The smallest absolute Gasteiger partial charge is 0.406 e. The molecule has 0 saturated carbocycles. The maximum absolute atomic E-state index is 12.9. The van der Waals surface area contributed by atoms with Gasteiger partial charge in [-0.1, -0.05) is 12.1 Å². The summed E-state index contributed by atoms with van der Waals surface area (Å²) in [5.41, 5.74) is 0.158. The number of halogens is 8. The van der Waals surface area contributed by atoms with Crippen molar-refractivity contribution in [1.82, 2.24) is 10.2 Å². The molecule has 11 heteroatoms. The topological polar surface area (TPSA) is 24.5 Å². The van der Waals surface area contributed by atoms with Crippen LogP contribution in [0.1, 0.15) is 18.0 Å². The van der Waals surface area contributed by atoms with Gasteiger partial charge in [0.2, 0.25) is 0 Å². The summed E-state index contributed by atoms with van der Waals surface area (Å²) >= 11 is 0. The molecule has 2 rings (SSSR count). The van der Waals surface area contributed by atoms with E-state index in [2.05, 4.69) is 10.1 Å². The Balaban J connectivity index is 0.00000288. The maximum atomic E-state index is 12.9. The summed E-state index contributed by atoms with van der Waals surface area (Å²) in [5, 5.41) is 3.03. The molecule has 0 spiro atoms. The van der Waals surface area contributed by atoms with Gasteiger partial charge >= 0.3 is 12.5 Å². The standard InChI is InChI=1S/C14H16F6N2O.2ClH/c15-13(16,17)9-12(22-6-4-21-5-7-22)10-2-1-3-11(8-10)23-14(18,19)20;;/h1-3,8,12,21H,4-7,9H2;2*1H/t12-;;/m0../s1. The Morgan fingerprint density at radius 3 is 2.16 bits per heavy atom. The highest BCUT2D eigenvalue weighted by Gasteiger charge is 2.36. The van der Waals surface area contributed by atoms with E-state index < -0.39 is 30.8 Å². The molecule has 1 atom stereocenters. The summed E-state index contributed by atoms with van der Waals surface area (Å²) < 4.78 is 79.2. The summed E-state index contributed by atoms with van der Waals surface area (Å²) in [7, 11) is 0. The van der Waals surface area contributed by atoms with Gasteiger partial charge in [0.15, 0.2) is 0 Å². The fraction of sp³-hybridized carbons (Fsp3) is 0.571. The zero-order valence-corrected chi connectivity index (χ0v) is 14.5. The highest BCUT2D eigenvalue weighted by Crippen LogP contribution is 2.35. The van der Waals surface area contributed by atoms with E-state index >= 15 is 0 Å². The van der Waals surface area contributed by atoms with Crippen LogP contribution < -0.4 is 10.1 Å². The summed E-state index contributed by atoms with van der Waals surface area (Å²) in [4.78, 5) is 1.62. The first-order valence-electron chi connectivity index (χ1n) is 7.01. The van der Waals surface area contributed by atoms with E-state index in [1.54, 1.807) is 4.90 Å². The molecule has 0 amide bonds. The fourth-order valence-electron chi connectivity index (χ4n) is 2.59. The average Bonchev–Trinajstić information content (AvgIpc) is 2.43. The first-order chi connectivity index (χ1) is 10.6. The van der Waals surface area contributed by atoms with Gasteiger partial charge in [-0.15, -0.1) is 38.0 Å². The maximum Gasteiger partial charge on any atom is 0.573 e. The number of alkyl halides is 6. The van der Waals surface area contributed by atoms with Crippen LogP contribution in [0.4, 0.5) is 26.3 Å². The van der Waals surface area contributed by atoms with Crippen molar-refractivity contribution in [2.45, 2.75) is 25.0 Å². The predicted molar refractivity (Wildman–Crippen MR) is 85.5 cm³/mol. The number of rotatable bonds is 4. The van der Waals surface area contributed by atoms with Gasteiger partial charge in [-0.2, -0.15) is 13.2 Å². The van der Waals surface area contributed by atoms with E-state index in [0.29, 0.717) is 26.2 Å². The number of nitrogens with one attached hydrogen (secondary N) is 1. The Kier molecular flexibility index (Phi) is 9.35. The lowest BCUT2D eigenvalue weighted by molar-refractivity contribution is -0.274. The first-order valence-corrected chi connectivity index (χ1v) is 7.01. The van der Waals surface area contributed by atoms with Gasteiger partial charge in [0, 0.05) is 32.2 Å². The van der Waals surface area contributed by atoms with Gasteiger partial charge in [0.05, 0.1) is 6.42 Å². The zero-order valence-electron chi connectivity index (χ0n) is 12.9. The third kappa shape index (κ3) is 8.35. The van der Waals surface area contributed by atoms with Crippen molar-refractivity contribution < 1.29 is 31.1 Å². The lowest BCUT2D eigenvalue weighted by Crippen LogP contribution is -2.46. The van der Waals surface area contributed by atoms with Crippen LogP contribution in [-0.2, 0) is 0 Å². The number of piperazine rings is 1. The van der Waals surface area contributed by atoms with E-state index in [-0.39, 0.29) is 30.4 Å². The number of hydrogen-bond donors (Lipinski definition) is 1. The van der Waals surface area contributed by atoms with Crippen LogP contribution >= 0.6 is 24.8 Å². The molecule has 1 aliphatic rings. The second-order valence-corrected chi connectivity index (χ2v) is 5.24. The molecule has 25 heavy (non-hydrogen) atoms. The van der Waals surface area contributed by atoms with Crippen LogP contribution in [0.25, 0.3) is 0 Å². The van der Waals surface area contributed by atoms with E-state index in [1.165, 1.54) is 12.1 Å². The number of benzene rings is 1. The molecule has 1 N–H and O–H groups in total. The van der Waals surface area contributed by atoms with E-state index in [0.717, 1.165) is 12.1 Å². The minimum atomic E-state index is -4.88. The van der Waals surface area contributed by atoms with Crippen molar-refractivity contribution in [3.8, 4) is 5.75 Å². The van der Waals surface area contributed by atoms with Crippen LogP contribution in [0.15, 0.2) is 24.3 Å². The van der Waals surface area contributed by atoms with Crippen molar-refractivity contribution >= 4 is 24.8 Å². The van der Waals surface area contributed by atoms with Gasteiger partial charge in [0.1, 0.15) is 5.75 Å². The van der Waals surface area contributed by atoms with Crippen LogP contribution in [0.5, 0.6) is 5.75 Å². The molecule has 1 aromatic carbocycles. The lowest BCUT2D eigenvalue weighted by Gasteiger charge is -2.35. The molecule has 0 radical (unpaired) electrons. The molecule has 0 unspecified atom stereocenters. The normalized spacial score (nSPS) is 17.2. The SMILES string of the molecule is Cl.Cl.FC(F)(F)C[C@@H](c1cccc(OC(F)(F)F)c1)N1CCNCC1. The van der Waals surface area contributed by atoms with Crippen molar-refractivity contribution in [2.75, 3.05) is 26.2 Å². The molecule has 0 bridgehead atoms. The number of hydrogen-bond acceptors (Lipinski definition) is 3. The highest BCUT2D eigenvalue weighted by atomic mass is 35.5. The minimum absolute atomic E-state index is 0. The van der Waals surface area contributed by atoms with Crippen LogP contribution in [0.2, 0.25) is 0 Å². The summed E-state index contributed by atoms with van der Waals surface area (Å²) in [6.45, 7) is 1.86. The quantitative estimate of drug-likeness (QED) is 0.742. The van der Waals surface area contributed by atoms with E-state index in [4.69, 9.17) is 0 Å². The fourth-order valence-corrected chi connectivity index (χ4v) is 2.59. The first kappa shape index (κ1) is 24.1. The van der Waals surface area contributed by atoms with E-state index in [9.17, 15) is 26.3 Å². The number of nitrogens with zero attached hydrogens (tertiary/aromatic N) is 1. The zero-order chi connectivity index (χ0) is 17.1. The van der Waals surface area contributed by atoms with Crippen molar-refractivity contribution in [2.24, 2.45) is 0 Å². The molecule has 1 fully saturated rings. The predicted octanol–water partition coefficient (Wildman–Crippen LogP) is 4.33. The van der Waals surface area contributed by atoms with Crippen molar-refractivity contribution in [3.63, 3.8) is 0 Å². The molecule has 1 saturated heterocycles. The van der Waals surface area contributed by atoms with Gasteiger partial charge in [-0.25, -0.2) is 0 Å². The molecule has 1 heterocycles. The molecule has 0 aromatic heterocycles. The second kappa shape index (κ2) is 9.70. The van der Waals surface area contributed by atoms with Gasteiger partial charge in [-0.3, -0.25) is 4.90 Å². The Morgan fingerprint density at radius 1 is 1.04 bits per heavy atom. The summed E-state index contributed by atoms with van der Waals surface area (Å²) in [6, 6.07) is 3.71. The third-order valence-electron chi connectivity index (χ3n) is 3.49. The van der Waals surface area contributed by atoms with Crippen LogP contribution in [0.3, 0.4) is 0 Å². The van der Waals surface area contributed by atoms with Crippen molar-refractivity contribution in [1.29, 1.82) is 0 Å². The van der Waals surface area contributed by atoms with Gasteiger partial charge in [0.25, 0.3) is 0 Å². The number of ether oxygens (including phenoxy) is 1. The summed E-state index contributed by atoms with van der Waals surface area (Å²) in [6.07, 6.45) is -10.4. The molecule has 1 aliphatic heterocycles. The highest BCUT2D eigenvalue weighted by molar-refractivity contribution is 5.85. The second-order valence-electron chi connectivity index (χ2n) is 5.24. The van der Waals surface area contributed by atoms with E-state index in [1.807, 2.05) is 0 Å². The third-order valence-corrected chi connectivity index (χ3v) is 3.49. The molecule has 146 valence electrons. The Bertz CT molecular complexity index is 521. The molecular weight excluding hydrogens is 397 g/mol.